The van der Waals surface area contributed by atoms with Crippen LogP contribution in [0.3, 0.4) is 0 Å². The molecule has 0 aliphatic heterocycles. The number of fused-ring (bicyclic) bond motifs is 1. The third kappa shape index (κ3) is 5.45. The third-order valence-corrected chi connectivity index (χ3v) is 6.36. The van der Waals surface area contributed by atoms with Gasteiger partial charge in [0.1, 0.15) is 5.76 Å². The van der Waals surface area contributed by atoms with Crippen LogP contribution in [0.5, 0.6) is 0 Å². The van der Waals surface area contributed by atoms with E-state index in [1.807, 2.05) is 18.2 Å². The van der Waals surface area contributed by atoms with Gasteiger partial charge in [-0.15, -0.1) is 0 Å². The zero-order valence-electron chi connectivity index (χ0n) is 20.5. The Morgan fingerprint density at radius 2 is 1.69 bits per heavy atom. The minimum absolute atomic E-state index is 0.0880. The zero-order valence-corrected chi connectivity index (χ0v) is 20.5. The summed E-state index contributed by atoms with van der Waals surface area (Å²) in [6, 6.07) is 15.1. The number of aromatic nitrogens is 2. The molecule has 0 aliphatic rings. The Kier molecular flexibility index (Phi) is 7.34. The van der Waals surface area contributed by atoms with Crippen molar-refractivity contribution >= 4 is 16.8 Å². The van der Waals surface area contributed by atoms with E-state index in [0.717, 1.165) is 16.7 Å². The molecule has 7 nitrogen and oxygen atoms in total. The fraction of sp³-hybridized carbons (Fsp3) is 0.321. The van der Waals surface area contributed by atoms with E-state index >= 15 is 0 Å². The number of hydrogen-bond acceptors (Lipinski definition) is 4. The van der Waals surface area contributed by atoms with E-state index in [9.17, 15) is 14.4 Å². The highest BCUT2D eigenvalue weighted by molar-refractivity contribution is 5.78. The van der Waals surface area contributed by atoms with Crippen LogP contribution in [0.1, 0.15) is 47.3 Å². The summed E-state index contributed by atoms with van der Waals surface area (Å²) >= 11 is 0. The smallest absolute Gasteiger partial charge is 0.331 e. The number of aryl methyl sites for hydroxylation is 3. The monoisotopic (exact) mass is 473 g/mol. The molecule has 0 spiro atoms. The molecule has 4 rings (SSSR count). The maximum atomic E-state index is 13.5. The van der Waals surface area contributed by atoms with Gasteiger partial charge in [0.05, 0.1) is 30.3 Å². The van der Waals surface area contributed by atoms with Crippen LogP contribution in [-0.4, -0.2) is 15.0 Å². The van der Waals surface area contributed by atoms with Gasteiger partial charge in [-0.05, 0) is 74.6 Å². The Morgan fingerprint density at radius 3 is 2.40 bits per heavy atom. The topological polar surface area (TPSA) is 86.2 Å². The summed E-state index contributed by atoms with van der Waals surface area (Å²) in [4.78, 5) is 38.8. The second kappa shape index (κ2) is 10.6. The molecular formula is C28H31N3O4. The second-order valence-corrected chi connectivity index (χ2v) is 9.03. The standard InChI is InChI=1S/C28H31N3O4/c1-19-15-20(2)24(21(3)16-19)18-31-25-11-5-4-10-23(25)27(33)30(28(31)34)13-7-6-12-26(32)29-17-22-9-8-14-35-22/h4-5,8-11,14-16H,6-7,12-13,17-18H2,1-3H3,(H,29,32). The highest BCUT2D eigenvalue weighted by Gasteiger charge is 2.15. The maximum absolute atomic E-state index is 13.5. The number of amides is 1. The number of unbranched alkanes of at least 4 members (excludes halogenated alkanes) is 1. The van der Waals surface area contributed by atoms with Gasteiger partial charge in [0.25, 0.3) is 5.56 Å². The number of hydrogen-bond donors (Lipinski definition) is 1. The Labute approximate surface area is 204 Å². The SMILES string of the molecule is Cc1cc(C)c(Cn2c(=O)n(CCCCC(=O)NCc3ccco3)c(=O)c3ccccc32)c(C)c1. The molecule has 4 aromatic rings. The van der Waals surface area contributed by atoms with Gasteiger partial charge in [0.15, 0.2) is 0 Å². The van der Waals surface area contributed by atoms with Crippen molar-refractivity contribution in [1.82, 2.24) is 14.5 Å². The number of furan rings is 1. The number of para-hydroxylation sites is 1. The summed E-state index contributed by atoms with van der Waals surface area (Å²) in [6.07, 6.45) is 3.00. The predicted octanol–water partition coefficient (Wildman–Crippen LogP) is 4.22. The van der Waals surface area contributed by atoms with Crippen LogP contribution in [0.15, 0.2) is 68.8 Å². The Morgan fingerprint density at radius 1 is 0.943 bits per heavy atom. The van der Waals surface area contributed by atoms with E-state index in [0.29, 0.717) is 49.0 Å². The first-order chi connectivity index (χ1) is 16.8. The Balaban J connectivity index is 1.53. The lowest BCUT2D eigenvalue weighted by molar-refractivity contribution is -0.121. The number of benzene rings is 2. The number of nitrogens with one attached hydrogen (secondary N) is 1. The van der Waals surface area contributed by atoms with Gasteiger partial charge < -0.3 is 9.73 Å². The van der Waals surface area contributed by atoms with Crippen molar-refractivity contribution in [3.8, 4) is 0 Å². The summed E-state index contributed by atoms with van der Waals surface area (Å²) in [5.41, 5.74) is 4.53. The maximum Gasteiger partial charge on any atom is 0.331 e. The molecule has 7 heteroatoms. The van der Waals surface area contributed by atoms with E-state index < -0.39 is 0 Å². The molecule has 0 unspecified atom stereocenters. The van der Waals surface area contributed by atoms with Gasteiger partial charge >= 0.3 is 5.69 Å². The van der Waals surface area contributed by atoms with Crippen molar-refractivity contribution in [1.29, 1.82) is 0 Å². The van der Waals surface area contributed by atoms with Crippen molar-refractivity contribution in [3.05, 3.63) is 104 Å². The number of rotatable bonds is 9. The molecule has 0 saturated carbocycles. The lowest BCUT2D eigenvalue weighted by atomic mass is 9.99. The van der Waals surface area contributed by atoms with Gasteiger partial charge in [-0.1, -0.05) is 29.8 Å². The molecule has 1 amide bonds. The quantitative estimate of drug-likeness (QED) is 0.369. The fourth-order valence-electron chi connectivity index (χ4n) is 4.58. The van der Waals surface area contributed by atoms with E-state index in [4.69, 9.17) is 4.42 Å². The third-order valence-electron chi connectivity index (χ3n) is 6.36. The predicted molar refractivity (Wildman–Crippen MR) is 137 cm³/mol. The summed E-state index contributed by atoms with van der Waals surface area (Å²) in [6.45, 7) is 7.17. The van der Waals surface area contributed by atoms with Gasteiger partial charge in [-0.2, -0.15) is 0 Å². The lowest BCUT2D eigenvalue weighted by Crippen LogP contribution is -2.40. The Hall–Kier alpha value is -3.87. The second-order valence-electron chi connectivity index (χ2n) is 9.03. The molecule has 2 aromatic heterocycles. The summed E-state index contributed by atoms with van der Waals surface area (Å²) in [7, 11) is 0. The highest BCUT2D eigenvalue weighted by atomic mass is 16.3. The molecule has 0 aliphatic carbocycles. The first-order valence-corrected chi connectivity index (χ1v) is 11.9. The molecule has 0 fully saturated rings. The zero-order chi connectivity index (χ0) is 24.9. The Bertz CT molecular complexity index is 1440. The van der Waals surface area contributed by atoms with E-state index in [-0.39, 0.29) is 23.7 Å². The molecule has 0 bridgehead atoms. The molecule has 0 atom stereocenters. The highest BCUT2D eigenvalue weighted by Crippen LogP contribution is 2.19. The van der Waals surface area contributed by atoms with Crippen molar-refractivity contribution in [2.24, 2.45) is 0 Å². The van der Waals surface area contributed by atoms with Gasteiger partial charge in [-0.25, -0.2) is 4.79 Å². The van der Waals surface area contributed by atoms with Crippen LogP contribution in [0.2, 0.25) is 0 Å². The average Bonchev–Trinajstić information content (AvgIpc) is 3.35. The van der Waals surface area contributed by atoms with Crippen LogP contribution in [0.4, 0.5) is 0 Å². The first kappa shape index (κ1) is 24.3. The van der Waals surface area contributed by atoms with Crippen molar-refractivity contribution in [3.63, 3.8) is 0 Å². The molecule has 182 valence electrons. The number of carbonyl (C=O) groups is 1. The van der Waals surface area contributed by atoms with Gasteiger partial charge in [0, 0.05) is 13.0 Å². The van der Waals surface area contributed by atoms with Gasteiger partial charge in [-0.3, -0.25) is 18.7 Å². The number of carbonyl (C=O) groups excluding carboxylic acids is 1. The fourth-order valence-corrected chi connectivity index (χ4v) is 4.58. The molecule has 2 heterocycles. The molecule has 35 heavy (non-hydrogen) atoms. The van der Waals surface area contributed by atoms with Crippen LogP contribution in [0.25, 0.3) is 10.9 Å². The van der Waals surface area contributed by atoms with E-state index in [2.05, 4.69) is 38.2 Å². The molecule has 2 aromatic carbocycles. The minimum Gasteiger partial charge on any atom is -0.467 e. The molecule has 0 radical (unpaired) electrons. The van der Waals surface area contributed by atoms with Gasteiger partial charge in [0.2, 0.25) is 5.91 Å². The van der Waals surface area contributed by atoms with Crippen molar-refractivity contribution in [2.75, 3.05) is 0 Å². The van der Waals surface area contributed by atoms with Crippen molar-refractivity contribution in [2.45, 2.75) is 59.7 Å². The van der Waals surface area contributed by atoms with Crippen LogP contribution in [0, 0.1) is 20.8 Å². The molecule has 1 N–H and O–H groups in total. The summed E-state index contributed by atoms with van der Waals surface area (Å²) in [5.74, 6) is 0.607. The minimum atomic E-state index is -0.324. The lowest BCUT2D eigenvalue weighted by Gasteiger charge is -2.17. The van der Waals surface area contributed by atoms with Crippen molar-refractivity contribution < 1.29 is 9.21 Å². The normalized spacial score (nSPS) is 11.2. The van der Waals surface area contributed by atoms with Crippen LogP contribution in [-0.2, 0) is 24.4 Å². The van der Waals surface area contributed by atoms with Crippen LogP contribution < -0.4 is 16.6 Å². The van der Waals surface area contributed by atoms with Crippen LogP contribution >= 0.6 is 0 Å². The summed E-state index contributed by atoms with van der Waals surface area (Å²) in [5, 5.41) is 3.33. The molecule has 0 saturated heterocycles. The average molecular weight is 474 g/mol. The largest absolute Gasteiger partial charge is 0.467 e. The van der Waals surface area contributed by atoms with E-state index in [1.54, 1.807) is 29.0 Å². The first-order valence-electron chi connectivity index (χ1n) is 11.9. The molecular weight excluding hydrogens is 442 g/mol. The number of nitrogens with zero attached hydrogens (tertiary/aromatic N) is 2. The summed E-state index contributed by atoms with van der Waals surface area (Å²) < 4.78 is 8.21. The van der Waals surface area contributed by atoms with E-state index in [1.165, 1.54) is 10.1 Å².